The maximum Gasteiger partial charge on any atom is 0.0327 e. The Morgan fingerprint density at radius 2 is 2.38 bits per heavy atom. The van der Waals surface area contributed by atoms with Gasteiger partial charge in [0.25, 0.3) is 0 Å². The Balaban J connectivity index is 1.64. The number of thiophene rings is 1. The van der Waals surface area contributed by atoms with Gasteiger partial charge in [-0.3, -0.25) is 4.90 Å². The second-order valence-electron chi connectivity index (χ2n) is 4.86. The number of rotatable bonds is 7. The van der Waals surface area contributed by atoms with Crippen molar-refractivity contribution in [3.05, 3.63) is 22.4 Å². The van der Waals surface area contributed by atoms with Crippen molar-refractivity contribution in [3.8, 4) is 0 Å². The third-order valence-corrected chi connectivity index (χ3v) is 4.17. The van der Waals surface area contributed by atoms with Crippen LogP contribution in [0.5, 0.6) is 0 Å². The fourth-order valence-electron chi connectivity index (χ4n) is 1.81. The predicted octanol–water partition coefficient (Wildman–Crippen LogP) is 2.71. The smallest absolute Gasteiger partial charge is 0.0327 e. The molecule has 1 heterocycles. The van der Waals surface area contributed by atoms with Crippen LogP contribution in [-0.2, 0) is 6.54 Å². The van der Waals surface area contributed by atoms with E-state index < -0.39 is 0 Å². The van der Waals surface area contributed by atoms with Crippen LogP contribution in [0.1, 0.15) is 31.1 Å². The lowest BCUT2D eigenvalue weighted by atomic mass is 10.2. The van der Waals surface area contributed by atoms with Crippen LogP contribution in [0.2, 0.25) is 0 Å². The van der Waals surface area contributed by atoms with E-state index in [1.54, 1.807) is 0 Å². The summed E-state index contributed by atoms with van der Waals surface area (Å²) in [6, 6.07) is 5.85. The van der Waals surface area contributed by atoms with E-state index >= 15 is 0 Å². The van der Waals surface area contributed by atoms with Gasteiger partial charge in [0, 0.05) is 23.5 Å². The van der Waals surface area contributed by atoms with Gasteiger partial charge in [-0.15, -0.1) is 11.3 Å². The van der Waals surface area contributed by atoms with Gasteiger partial charge in [-0.05, 0) is 51.2 Å². The topological polar surface area (TPSA) is 15.3 Å². The Bertz CT molecular complexity index is 293. The quantitative estimate of drug-likeness (QED) is 0.786. The van der Waals surface area contributed by atoms with Gasteiger partial charge in [0.2, 0.25) is 0 Å². The highest BCUT2D eigenvalue weighted by Gasteiger charge is 2.20. The fraction of sp³-hybridized carbons (Fsp3) is 0.692. The lowest BCUT2D eigenvalue weighted by Crippen LogP contribution is -2.32. The molecule has 0 saturated heterocycles. The molecule has 90 valence electrons. The fourth-order valence-corrected chi connectivity index (χ4v) is 2.58. The van der Waals surface area contributed by atoms with Crippen molar-refractivity contribution >= 4 is 11.3 Å². The van der Waals surface area contributed by atoms with Crippen LogP contribution in [0.15, 0.2) is 17.5 Å². The Hall–Kier alpha value is -0.380. The van der Waals surface area contributed by atoms with Crippen LogP contribution in [0.25, 0.3) is 0 Å². The summed E-state index contributed by atoms with van der Waals surface area (Å²) in [6.45, 7) is 4.57. The van der Waals surface area contributed by atoms with Crippen molar-refractivity contribution in [1.29, 1.82) is 0 Å². The predicted molar refractivity (Wildman–Crippen MR) is 70.9 cm³/mol. The van der Waals surface area contributed by atoms with E-state index in [0.717, 1.165) is 12.6 Å². The van der Waals surface area contributed by atoms with Gasteiger partial charge in [0.1, 0.15) is 0 Å². The summed E-state index contributed by atoms with van der Waals surface area (Å²) < 4.78 is 0. The molecule has 0 aromatic carbocycles. The van der Waals surface area contributed by atoms with Crippen molar-refractivity contribution in [2.45, 2.75) is 44.8 Å². The Morgan fingerprint density at radius 1 is 1.56 bits per heavy atom. The minimum absolute atomic E-state index is 0.661. The molecule has 0 spiro atoms. The average molecular weight is 238 g/mol. The molecular weight excluding hydrogens is 216 g/mol. The molecule has 1 aliphatic carbocycles. The van der Waals surface area contributed by atoms with E-state index in [4.69, 9.17) is 0 Å². The molecule has 1 aromatic heterocycles. The van der Waals surface area contributed by atoms with Gasteiger partial charge >= 0.3 is 0 Å². The first-order valence-corrected chi connectivity index (χ1v) is 7.09. The molecule has 3 heteroatoms. The molecule has 0 aliphatic heterocycles. The summed E-state index contributed by atoms with van der Waals surface area (Å²) in [5.74, 6) is 0. The Morgan fingerprint density at radius 3 is 3.00 bits per heavy atom. The lowest BCUT2D eigenvalue weighted by Gasteiger charge is -2.24. The first-order chi connectivity index (χ1) is 7.75. The molecule has 1 fully saturated rings. The van der Waals surface area contributed by atoms with Gasteiger partial charge < -0.3 is 5.32 Å². The van der Waals surface area contributed by atoms with E-state index in [1.807, 2.05) is 11.3 Å². The van der Waals surface area contributed by atoms with E-state index in [0.29, 0.717) is 6.04 Å². The summed E-state index contributed by atoms with van der Waals surface area (Å²) >= 11 is 1.85. The first kappa shape index (κ1) is 12.1. The Labute approximate surface area is 103 Å². The molecule has 1 atom stereocenters. The van der Waals surface area contributed by atoms with Crippen LogP contribution in [-0.4, -0.2) is 30.6 Å². The zero-order chi connectivity index (χ0) is 11.4. The standard InChI is InChI=1S/C13H22N2S/c1-11(7-8-14-12-5-6-12)15(2)10-13-4-3-9-16-13/h3-4,9,11-12,14H,5-8,10H2,1-2H3. The highest BCUT2D eigenvalue weighted by molar-refractivity contribution is 7.09. The molecular formula is C13H22N2S. The van der Waals surface area contributed by atoms with Crippen molar-refractivity contribution in [2.75, 3.05) is 13.6 Å². The third-order valence-electron chi connectivity index (χ3n) is 3.31. The van der Waals surface area contributed by atoms with Crippen LogP contribution >= 0.6 is 11.3 Å². The molecule has 1 N–H and O–H groups in total. The number of nitrogens with zero attached hydrogens (tertiary/aromatic N) is 1. The second kappa shape index (κ2) is 5.80. The van der Waals surface area contributed by atoms with Crippen molar-refractivity contribution in [3.63, 3.8) is 0 Å². The lowest BCUT2D eigenvalue weighted by molar-refractivity contribution is 0.238. The summed E-state index contributed by atoms with van der Waals surface area (Å²) in [5.41, 5.74) is 0. The zero-order valence-corrected chi connectivity index (χ0v) is 11.1. The SMILES string of the molecule is CC(CCNC1CC1)N(C)Cc1cccs1. The molecule has 2 rings (SSSR count). The van der Waals surface area contributed by atoms with E-state index in [9.17, 15) is 0 Å². The molecule has 2 nitrogen and oxygen atoms in total. The summed E-state index contributed by atoms with van der Waals surface area (Å²) in [5, 5.41) is 5.73. The molecule has 0 bridgehead atoms. The van der Waals surface area contributed by atoms with Crippen LogP contribution in [0.3, 0.4) is 0 Å². The van der Waals surface area contributed by atoms with Gasteiger partial charge in [-0.1, -0.05) is 6.07 Å². The number of hydrogen-bond acceptors (Lipinski definition) is 3. The largest absolute Gasteiger partial charge is 0.314 e. The molecule has 1 saturated carbocycles. The van der Waals surface area contributed by atoms with Crippen molar-refractivity contribution in [1.82, 2.24) is 10.2 Å². The van der Waals surface area contributed by atoms with Crippen LogP contribution in [0.4, 0.5) is 0 Å². The average Bonchev–Trinajstić information content (AvgIpc) is 2.95. The minimum atomic E-state index is 0.661. The van der Waals surface area contributed by atoms with Crippen LogP contribution in [0, 0.1) is 0 Å². The van der Waals surface area contributed by atoms with Gasteiger partial charge in [0.05, 0.1) is 0 Å². The zero-order valence-electron chi connectivity index (χ0n) is 10.3. The highest BCUT2D eigenvalue weighted by Crippen LogP contribution is 2.19. The van der Waals surface area contributed by atoms with Crippen molar-refractivity contribution in [2.24, 2.45) is 0 Å². The van der Waals surface area contributed by atoms with E-state index in [2.05, 4.69) is 41.7 Å². The van der Waals surface area contributed by atoms with E-state index in [-0.39, 0.29) is 0 Å². The number of nitrogens with one attached hydrogen (secondary N) is 1. The molecule has 1 unspecified atom stereocenters. The highest BCUT2D eigenvalue weighted by atomic mass is 32.1. The van der Waals surface area contributed by atoms with E-state index in [1.165, 1.54) is 30.7 Å². The summed E-state index contributed by atoms with van der Waals surface area (Å²) in [7, 11) is 2.22. The number of hydrogen-bond donors (Lipinski definition) is 1. The normalized spacial score (nSPS) is 17.9. The monoisotopic (exact) mass is 238 g/mol. The maximum absolute atomic E-state index is 3.58. The first-order valence-electron chi connectivity index (χ1n) is 6.21. The molecule has 16 heavy (non-hydrogen) atoms. The van der Waals surface area contributed by atoms with Crippen molar-refractivity contribution < 1.29 is 0 Å². The molecule has 0 amide bonds. The third kappa shape index (κ3) is 3.89. The van der Waals surface area contributed by atoms with Gasteiger partial charge in [0.15, 0.2) is 0 Å². The minimum Gasteiger partial charge on any atom is -0.314 e. The molecule has 0 radical (unpaired) electrons. The molecule has 1 aromatic rings. The maximum atomic E-state index is 3.58. The summed E-state index contributed by atoms with van der Waals surface area (Å²) in [4.78, 5) is 3.91. The van der Waals surface area contributed by atoms with Crippen LogP contribution < -0.4 is 5.32 Å². The second-order valence-corrected chi connectivity index (χ2v) is 5.89. The van der Waals surface area contributed by atoms with Gasteiger partial charge in [-0.2, -0.15) is 0 Å². The summed E-state index contributed by atoms with van der Waals surface area (Å²) in [6.07, 6.45) is 4.03. The Kier molecular flexibility index (Phi) is 4.38. The molecule has 1 aliphatic rings. The van der Waals surface area contributed by atoms with Gasteiger partial charge in [-0.25, -0.2) is 0 Å².